The predicted molar refractivity (Wildman–Crippen MR) is 213 cm³/mol. The number of carbonyl (C=O) groups excluding carboxylic acids is 1. The smallest absolute Gasteiger partial charge is 0.225 e. The zero-order valence-electron chi connectivity index (χ0n) is 33.9. The molecule has 2 aliphatic rings. The molecule has 0 radical (unpaired) electrons. The van der Waals surface area contributed by atoms with Gasteiger partial charge in [-0.1, -0.05) is 75.1 Å². The summed E-state index contributed by atoms with van der Waals surface area (Å²) in [5.74, 6) is 2.31. The summed E-state index contributed by atoms with van der Waals surface area (Å²) >= 11 is 0. The van der Waals surface area contributed by atoms with Crippen molar-refractivity contribution in [2.45, 2.75) is 76.8 Å². The van der Waals surface area contributed by atoms with E-state index in [1.165, 1.54) is 31.2 Å². The average molecular weight is 755 g/mol. The van der Waals surface area contributed by atoms with Gasteiger partial charge in [-0.3, -0.25) is 9.69 Å². The van der Waals surface area contributed by atoms with Crippen molar-refractivity contribution in [1.82, 2.24) is 9.80 Å². The molecule has 0 aromatic heterocycles. The Kier molecular flexibility index (Phi) is 20.9. The third-order valence-electron chi connectivity index (χ3n) is 11.3. The van der Waals surface area contributed by atoms with Crippen molar-refractivity contribution < 1.29 is 38.0 Å². The van der Waals surface area contributed by atoms with Gasteiger partial charge < -0.3 is 38.1 Å². The minimum Gasteiger partial charge on any atom is -0.491 e. The molecule has 3 unspecified atom stereocenters. The molecule has 3 atom stereocenters. The predicted octanol–water partition coefficient (Wildman–Crippen LogP) is 6.99. The second kappa shape index (κ2) is 25.6. The molecule has 1 aliphatic heterocycles. The zero-order valence-corrected chi connectivity index (χ0v) is 33.9. The van der Waals surface area contributed by atoms with Crippen LogP contribution in [0.5, 0.6) is 5.75 Å². The summed E-state index contributed by atoms with van der Waals surface area (Å²) in [6.07, 6.45) is 10.5. The molecule has 10 nitrogen and oxygen atoms in total. The number of carbonyl (C=O) groups is 1. The van der Waals surface area contributed by atoms with Gasteiger partial charge in [-0.2, -0.15) is 0 Å². The van der Waals surface area contributed by atoms with Crippen LogP contribution in [0.1, 0.15) is 75.8 Å². The maximum atomic E-state index is 14.3. The molecule has 1 heterocycles. The van der Waals surface area contributed by atoms with Gasteiger partial charge in [0, 0.05) is 31.7 Å². The number of ether oxygens (including phenoxy) is 7. The molecule has 54 heavy (non-hydrogen) atoms. The van der Waals surface area contributed by atoms with Gasteiger partial charge in [0.15, 0.2) is 0 Å². The molecule has 2 aromatic carbocycles. The van der Waals surface area contributed by atoms with Gasteiger partial charge in [-0.25, -0.2) is 0 Å². The van der Waals surface area contributed by atoms with Gasteiger partial charge in [-0.15, -0.1) is 0 Å². The molecular formula is C44H70N2O8. The van der Waals surface area contributed by atoms with E-state index in [0.29, 0.717) is 97.7 Å². The van der Waals surface area contributed by atoms with Crippen molar-refractivity contribution in [2.24, 2.45) is 17.8 Å². The second-order valence-corrected chi connectivity index (χ2v) is 15.2. The molecule has 2 fully saturated rings. The van der Waals surface area contributed by atoms with E-state index >= 15 is 0 Å². The van der Waals surface area contributed by atoms with Crippen LogP contribution >= 0.6 is 0 Å². The molecular weight excluding hydrogens is 684 g/mol. The first kappa shape index (κ1) is 44.1. The number of nitrogens with zero attached hydrogens (tertiary/aromatic N) is 2. The number of hydrogen-bond acceptors (Lipinski definition) is 9. The van der Waals surface area contributed by atoms with Crippen LogP contribution in [0.25, 0.3) is 0 Å². The fraction of sp³-hybridized carbons (Fsp3) is 0.705. The van der Waals surface area contributed by atoms with Crippen LogP contribution in [0.4, 0.5) is 0 Å². The van der Waals surface area contributed by atoms with Crippen molar-refractivity contribution >= 4 is 5.91 Å². The number of amides is 1. The monoisotopic (exact) mass is 755 g/mol. The summed E-state index contributed by atoms with van der Waals surface area (Å²) in [4.78, 5) is 18.9. The van der Waals surface area contributed by atoms with Crippen LogP contribution in [0.2, 0.25) is 0 Å². The Hall–Kier alpha value is -2.57. The van der Waals surface area contributed by atoms with Crippen molar-refractivity contribution in [3.8, 4) is 5.75 Å². The van der Waals surface area contributed by atoms with Crippen molar-refractivity contribution in [3.63, 3.8) is 0 Å². The van der Waals surface area contributed by atoms with Gasteiger partial charge in [0.05, 0.1) is 72.7 Å². The quantitative estimate of drug-likeness (QED) is 0.0997. The van der Waals surface area contributed by atoms with Crippen LogP contribution < -0.4 is 4.74 Å². The lowest BCUT2D eigenvalue weighted by molar-refractivity contribution is -0.138. The Bertz CT molecular complexity index is 1280. The molecule has 1 aliphatic carbocycles. The highest BCUT2D eigenvalue weighted by atomic mass is 16.6. The first-order valence-corrected chi connectivity index (χ1v) is 20.5. The molecule has 1 saturated heterocycles. The van der Waals surface area contributed by atoms with Gasteiger partial charge >= 0.3 is 0 Å². The Labute approximate surface area is 326 Å². The normalized spacial score (nSPS) is 21.6. The molecule has 1 saturated carbocycles. The second-order valence-electron chi connectivity index (χ2n) is 15.2. The van der Waals surface area contributed by atoms with Crippen molar-refractivity contribution in [3.05, 3.63) is 65.7 Å². The van der Waals surface area contributed by atoms with E-state index in [9.17, 15) is 4.79 Å². The van der Waals surface area contributed by atoms with Crippen LogP contribution in [0.15, 0.2) is 54.6 Å². The molecule has 304 valence electrons. The largest absolute Gasteiger partial charge is 0.491 e. The fourth-order valence-corrected chi connectivity index (χ4v) is 7.87. The minimum atomic E-state index is -0.0442. The number of benzene rings is 2. The highest BCUT2D eigenvalue weighted by molar-refractivity contribution is 5.78. The Morgan fingerprint density at radius 3 is 1.87 bits per heavy atom. The van der Waals surface area contributed by atoms with Crippen molar-refractivity contribution in [2.75, 3.05) is 107 Å². The number of hydrogen-bond donors (Lipinski definition) is 0. The van der Waals surface area contributed by atoms with Crippen LogP contribution in [-0.2, 0) is 45.3 Å². The van der Waals surface area contributed by atoms with Gasteiger partial charge in [-0.05, 0) is 81.3 Å². The molecule has 1 amide bonds. The summed E-state index contributed by atoms with van der Waals surface area (Å²) < 4.78 is 38.7. The summed E-state index contributed by atoms with van der Waals surface area (Å²) in [5, 5.41) is 0. The Morgan fingerprint density at radius 2 is 1.30 bits per heavy atom. The fourth-order valence-electron chi connectivity index (χ4n) is 7.87. The van der Waals surface area contributed by atoms with E-state index in [1.807, 2.05) is 12.1 Å². The van der Waals surface area contributed by atoms with E-state index in [4.69, 9.17) is 33.2 Å². The standard InChI is InChI=1S/C44H70N2O8/c1-37-40(34-38-12-8-13-38)15-10-19-44(45(2)3,41-16-6-5-7-17-41)20-11-21-46(43(37)47)36-39-14-9-18-42(35-39)54-33-32-53-31-30-52-29-28-51-27-26-50-25-24-49-23-22-48-4/h5-7,9,14,16-18,35,37-38,40H,8,10-13,15,19-34,36H2,1-4H3. The van der Waals surface area contributed by atoms with Gasteiger partial charge in [0.2, 0.25) is 5.91 Å². The molecule has 2 aromatic rings. The molecule has 0 spiro atoms. The first-order chi connectivity index (χ1) is 26.4. The van der Waals surface area contributed by atoms with E-state index in [2.05, 4.69) is 73.3 Å². The summed E-state index contributed by atoms with van der Waals surface area (Å²) in [7, 11) is 6.12. The minimum absolute atomic E-state index is 0.0179. The summed E-state index contributed by atoms with van der Waals surface area (Å²) in [5.41, 5.74) is 2.43. The lowest BCUT2D eigenvalue weighted by Crippen LogP contribution is -2.42. The maximum absolute atomic E-state index is 14.3. The third kappa shape index (κ3) is 15.2. The first-order valence-electron chi connectivity index (χ1n) is 20.5. The summed E-state index contributed by atoms with van der Waals surface area (Å²) in [6.45, 7) is 9.79. The zero-order chi connectivity index (χ0) is 38.3. The van der Waals surface area contributed by atoms with E-state index in [0.717, 1.165) is 55.9 Å². The molecule has 0 bridgehead atoms. The lowest BCUT2D eigenvalue weighted by Gasteiger charge is -2.41. The molecule has 10 heteroatoms. The Balaban J connectivity index is 1.20. The highest BCUT2D eigenvalue weighted by Crippen LogP contribution is 2.41. The molecule has 0 N–H and O–H groups in total. The SMILES string of the molecule is COCCOCCOCCOCCOCCOCCOc1cccc(CN2CCCC(c3ccccc3)(N(C)C)CCCC(CC3CCC3)C(C)C2=O)c1. The molecule has 4 rings (SSSR count). The maximum Gasteiger partial charge on any atom is 0.225 e. The third-order valence-corrected chi connectivity index (χ3v) is 11.3. The van der Waals surface area contributed by atoms with Crippen LogP contribution in [0, 0.1) is 17.8 Å². The topological polar surface area (TPSA) is 88.2 Å². The van der Waals surface area contributed by atoms with E-state index < -0.39 is 0 Å². The van der Waals surface area contributed by atoms with Crippen LogP contribution in [0.3, 0.4) is 0 Å². The van der Waals surface area contributed by atoms with Gasteiger partial charge in [0.25, 0.3) is 0 Å². The van der Waals surface area contributed by atoms with Gasteiger partial charge in [0.1, 0.15) is 12.4 Å². The van der Waals surface area contributed by atoms with E-state index in [1.54, 1.807) is 7.11 Å². The van der Waals surface area contributed by atoms with Crippen molar-refractivity contribution in [1.29, 1.82) is 0 Å². The summed E-state index contributed by atoms with van der Waals surface area (Å²) in [6, 6.07) is 19.2. The van der Waals surface area contributed by atoms with E-state index in [-0.39, 0.29) is 11.5 Å². The Morgan fingerprint density at radius 1 is 0.704 bits per heavy atom. The number of rotatable bonds is 25. The average Bonchev–Trinajstić information content (AvgIpc) is 3.18. The highest BCUT2D eigenvalue weighted by Gasteiger charge is 2.37. The lowest BCUT2D eigenvalue weighted by atomic mass is 9.73. The number of methoxy groups -OCH3 is 1. The van der Waals surface area contributed by atoms with Crippen LogP contribution in [-0.4, -0.2) is 123 Å².